The fraction of sp³-hybridized carbons (Fsp3) is 0.308. The topological polar surface area (TPSA) is 110 Å². The zero-order valence-electron chi connectivity index (χ0n) is 12.1. The van der Waals surface area contributed by atoms with Gasteiger partial charge in [-0.25, -0.2) is 8.42 Å². The van der Waals surface area contributed by atoms with Crippen LogP contribution in [0.2, 0.25) is 0 Å². The first-order chi connectivity index (χ1) is 9.89. The van der Waals surface area contributed by atoms with Crippen LogP contribution in [0.3, 0.4) is 0 Å². The van der Waals surface area contributed by atoms with E-state index >= 15 is 0 Å². The molecule has 2 aromatic rings. The van der Waals surface area contributed by atoms with Crippen LogP contribution < -0.4 is 15.2 Å². The Morgan fingerprint density at radius 1 is 1.38 bits per heavy atom. The molecule has 0 aliphatic heterocycles. The molecule has 0 fully saturated rings. The first kappa shape index (κ1) is 15.3. The highest BCUT2D eigenvalue weighted by atomic mass is 32.2. The number of rotatable bonds is 5. The molecule has 8 heteroatoms. The van der Waals surface area contributed by atoms with Gasteiger partial charge in [0, 0.05) is 6.54 Å². The average Bonchev–Trinajstić information content (AvgIpc) is 2.78. The Bertz CT molecular complexity index is 733. The highest BCUT2D eigenvalue weighted by molar-refractivity contribution is 7.92. The molecule has 1 aromatic heterocycles. The molecule has 21 heavy (non-hydrogen) atoms. The lowest BCUT2D eigenvalue weighted by Crippen LogP contribution is -2.15. The van der Waals surface area contributed by atoms with Crippen LogP contribution in [-0.2, 0) is 16.6 Å². The van der Waals surface area contributed by atoms with Gasteiger partial charge in [0.2, 0.25) is 0 Å². The number of hydrogen-bond donors (Lipinski definition) is 3. The molecule has 0 saturated heterocycles. The van der Waals surface area contributed by atoms with Gasteiger partial charge in [-0.3, -0.25) is 9.82 Å². The Labute approximate surface area is 123 Å². The number of aromatic amines is 1. The van der Waals surface area contributed by atoms with Crippen molar-refractivity contribution in [1.82, 2.24) is 10.2 Å². The van der Waals surface area contributed by atoms with Crippen LogP contribution in [0.25, 0.3) is 0 Å². The van der Waals surface area contributed by atoms with Gasteiger partial charge in [-0.15, -0.1) is 0 Å². The molecule has 2 rings (SSSR count). The minimum Gasteiger partial charge on any atom is -0.495 e. The molecule has 7 nitrogen and oxygen atoms in total. The summed E-state index contributed by atoms with van der Waals surface area (Å²) in [5, 5.41) is 6.70. The zero-order chi connectivity index (χ0) is 15.6. The third-order valence-corrected chi connectivity index (χ3v) is 4.51. The van der Waals surface area contributed by atoms with E-state index in [1.54, 1.807) is 26.0 Å². The van der Waals surface area contributed by atoms with Crippen LogP contribution in [0.1, 0.15) is 17.0 Å². The summed E-state index contributed by atoms with van der Waals surface area (Å²) in [7, 11) is -2.35. The maximum absolute atomic E-state index is 12.5. The Morgan fingerprint density at radius 2 is 2.10 bits per heavy atom. The lowest BCUT2D eigenvalue weighted by atomic mass is 10.2. The number of hydrogen-bond acceptors (Lipinski definition) is 5. The predicted octanol–water partition coefficient (Wildman–Crippen LogP) is 1.29. The highest BCUT2D eigenvalue weighted by Crippen LogP contribution is 2.28. The first-order valence-electron chi connectivity index (χ1n) is 6.30. The summed E-state index contributed by atoms with van der Waals surface area (Å²) >= 11 is 0. The second-order valence-corrected chi connectivity index (χ2v) is 6.25. The van der Waals surface area contributed by atoms with Gasteiger partial charge in [-0.1, -0.05) is 6.07 Å². The van der Waals surface area contributed by atoms with Crippen LogP contribution in [0.15, 0.2) is 23.1 Å². The van der Waals surface area contributed by atoms with E-state index in [1.807, 2.05) is 0 Å². The van der Waals surface area contributed by atoms with Crippen LogP contribution in [-0.4, -0.2) is 25.7 Å². The molecular formula is C13H18N4O3S. The van der Waals surface area contributed by atoms with E-state index in [0.29, 0.717) is 23.6 Å². The highest BCUT2D eigenvalue weighted by Gasteiger charge is 2.22. The summed E-state index contributed by atoms with van der Waals surface area (Å²) < 4.78 is 32.7. The Kier molecular flexibility index (Phi) is 4.19. The molecule has 0 atom stereocenters. The number of nitrogens with two attached hydrogens (primary N) is 1. The molecule has 0 unspecified atom stereocenters. The van der Waals surface area contributed by atoms with Gasteiger partial charge in [-0.05, 0) is 31.5 Å². The minimum atomic E-state index is -3.77. The van der Waals surface area contributed by atoms with Gasteiger partial charge in [0.15, 0.2) is 0 Å². The number of sulfonamides is 1. The molecule has 0 spiro atoms. The van der Waals surface area contributed by atoms with E-state index in [-0.39, 0.29) is 10.6 Å². The maximum Gasteiger partial charge on any atom is 0.265 e. The van der Waals surface area contributed by atoms with Crippen molar-refractivity contribution in [2.24, 2.45) is 5.73 Å². The molecule has 0 saturated carbocycles. The van der Waals surface area contributed by atoms with E-state index in [9.17, 15) is 8.42 Å². The average molecular weight is 310 g/mol. The third-order valence-electron chi connectivity index (χ3n) is 3.12. The Balaban J connectivity index is 2.45. The predicted molar refractivity (Wildman–Crippen MR) is 79.8 cm³/mol. The molecule has 0 radical (unpaired) electrons. The standard InChI is InChI=1S/C13H18N4O3S/c1-8-13(9(2)16-15-8)17-21(18,19)12-5-4-10(7-14)6-11(12)20-3/h4-6,17H,7,14H2,1-3H3,(H,15,16). The van der Waals surface area contributed by atoms with Gasteiger partial charge in [0.1, 0.15) is 10.6 Å². The summed E-state index contributed by atoms with van der Waals surface area (Å²) in [5.41, 5.74) is 8.01. The summed E-state index contributed by atoms with van der Waals surface area (Å²) in [6, 6.07) is 4.75. The molecule has 4 N–H and O–H groups in total. The summed E-state index contributed by atoms with van der Waals surface area (Å²) in [6.45, 7) is 3.77. The van der Waals surface area contributed by atoms with Gasteiger partial charge >= 0.3 is 0 Å². The van der Waals surface area contributed by atoms with Crippen molar-refractivity contribution in [2.75, 3.05) is 11.8 Å². The molecule has 1 heterocycles. The summed E-state index contributed by atoms with van der Waals surface area (Å²) in [5.74, 6) is 0.254. The van der Waals surface area contributed by atoms with Gasteiger partial charge in [0.25, 0.3) is 10.0 Å². The second kappa shape index (κ2) is 5.74. The lowest BCUT2D eigenvalue weighted by molar-refractivity contribution is 0.402. The monoisotopic (exact) mass is 310 g/mol. The Hall–Kier alpha value is -2.06. The van der Waals surface area contributed by atoms with Crippen LogP contribution in [0, 0.1) is 13.8 Å². The number of H-pyrrole nitrogens is 1. The first-order valence-corrected chi connectivity index (χ1v) is 7.78. The van der Waals surface area contributed by atoms with Crippen molar-refractivity contribution in [3.63, 3.8) is 0 Å². The number of nitrogens with zero attached hydrogens (tertiary/aromatic N) is 1. The number of anilines is 1. The Morgan fingerprint density at radius 3 is 2.62 bits per heavy atom. The number of nitrogens with one attached hydrogen (secondary N) is 2. The van der Waals surface area contributed by atoms with Crippen LogP contribution in [0.4, 0.5) is 5.69 Å². The fourth-order valence-electron chi connectivity index (χ4n) is 1.95. The number of benzene rings is 1. The zero-order valence-corrected chi connectivity index (χ0v) is 12.9. The molecule has 0 aliphatic carbocycles. The van der Waals surface area contributed by atoms with Crippen molar-refractivity contribution >= 4 is 15.7 Å². The largest absolute Gasteiger partial charge is 0.495 e. The number of ether oxygens (including phenoxy) is 1. The second-order valence-electron chi connectivity index (χ2n) is 4.60. The fourth-order valence-corrected chi connectivity index (χ4v) is 3.29. The molecule has 0 bridgehead atoms. The smallest absolute Gasteiger partial charge is 0.265 e. The van der Waals surface area contributed by atoms with Gasteiger partial charge < -0.3 is 10.5 Å². The SMILES string of the molecule is COc1cc(CN)ccc1S(=O)(=O)Nc1c(C)n[nH]c1C. The van der Waals surface area contributed by atoms with E-state index < -0.39 is 10.0 Å². The van der Waals surface area contributed by atoms with Crippen molar-refractivity contribution in [3.8, 4) is 5.75 Å². The molecule has 0 amide bonds. The van der Waals surface area contributed by atoms with Crippen LogP contribution in [0.5, 0.6) is 5.75 Å². The van der Waals surface area contributed by atoms with E-state index in [2.05, 4.69) is 14.9 Å². The van der Waals surface area contributed by atoms with Crippen molar-refractivity contribution in [1.29, 1.82) is 0 Å². The van der Waals surface area contributed by atoms with Crippen molar-refractivity contribution in [2.45, 2.75) is 25.3 Å². The molecule has 1 aromatic carbocycles. The quantitative estimate of drug-likeness (QED) is 0.771. The van der Waals surface area contributed by atoms with E-state index in [4.69, 9.17) is 10.5 Å². The van der Waals surface area contributed by atoms with Crippen molar-refractivity contribution < 1.29 is 13.2 Å². The number of aryl methyl sites for hydroxylation is 2. The number of aromatic nitrogens is 2. The van der Waals surface area contributed by atoms with Crippen LogP contribution >= 0.6 is 0 Å². The maximum atomic E-state index is 12.5. The minimum absolute atomic E-state index is 0.0576. The molecule has 114 valence electrons. The lowest BCUT2D eigenvalue weighted by Gasteiger charge is -2.12. The summed E-state index contributed by atoms with van der Waals surface area (Å²) in [4.78, 5) is 0.0576. The van der Waals surface area contributed by atoms with Crippen molar-refractivity contribution in [3.05, 3.63) is 35.2 Å². The summed E-state index contributed by atoms with van der Waals surface area (Å²) in [6.07, 6.45) is 0. The third kappa shape index (κ3) is 3.01. The normalized spacial score (nSPS) is 11.4. The molecule has 0 aliphatic rings. The van der Waals surface area contributed by atoms with Gasteiger partial charge in [0.05, 0.1) is 24.2 Å². The number of methoxy groups -OCH3 is 1. The van der Waals surface area contributed by atoms with Gasteiger partial charge in [-0.2, -0.15) is 5.10 Å². The van der Waals surface area contributed by atoms with E-state index in [1.165, 1.54) is 13.2 Å². The van der Waals surface area contributed by atoms with E-state index in [0.717, 1.165) is 5.56 Å². The molecular weight excluding hydrogens is 292 g/mol.